The second-order valence-electron chi connectivity index (χ2n) is 5.94. The van der Waals surface area contributed by atoms with Gasteiger partial charge in [-0.3, -0.25) is 0 Å². The molecule has 2 aromatic rings. The van der Waals surface area contributed by atoms with Crippen molar-refractivity contribution in [2.45, 2.75) is 30.8 Å². The Kier molecular flexibility index (Phi) is 6.18. The van der Waals surface area contributed by atoms with E-state index in [1.165, 1.54) is 28.0 Å². The Labute approximate surface area is 153 Å². The molecule has 0 fully saturated rings. The Morgan fingerprint density at radius 3 is 2.48 bits per heavy atom. The van der Waals surface area contributed by atoms with Crippen LogP contribution in [-0.2, 0) is 11.4 Å². The fourth-order valence-corrected chi connectivity index (χ4v) is 3.37. The highest BCUT2D eigenvalue weighted by Gasteiger charge is 2.14. The maximum atomic E-state index is 5.47. The molecule has 0 bridgehead atoms. The highest BCUT2D eigenvalue weighted by atomic mass is 32.2. The van der Waals surface area contributed by atoms with Crippen LogP contribution in [-0.4, -0.2) is 19.6 Å². The first-order chi connectivity index (χ1) is 12.3. The van der Waals surface area contributed by atoms with Gasteiger partial charge in [0.15, 0.2) is 0 Å². The monoisotopic (exact) mass is 353 g/mol. The summed E-state index contributed by atoms with van der Waals surface area (Å²) in [5.74, 6) is 0.848. The van der Waals surface area contributed by atoms with E-state index >= 15 is 0 Å². The molecule has 0 radical (unpaired) electrons. The predicted molar refractivity (Wildman–Crippen MR) is 105 cm³/mol. The first-order valence-corrected chi connectivity index (χ1v) is 9.67. The Hall–Kier alpha value is -2.20. The zero-order valence-electron chi connectivity index (χ0n) is 14.7. The summed E-state index contributed by atoms with van der Waals surface area (Å²) in [6.45, 7) is 0.464. The molecule has 0 aliphatic heterocycles. The predicted octanol–water partition coefficient (Wildman–Crippen LogP) is 5.56. The number of hydrogen-bond acceptors (Lipinski definition) is 4. The quantitative estimate of drug-likeness (QED) is 0.371. The van der Waals surface area contributed by atoms with Gasteiger partial charge in [-0.15, -0.1) is 11.8 Å². The molecule has 0 spiro atoms. The van der Waals surface area contributed by atoms with Gasteiger partial charge in [0.05, 0.1) is 13.3 Å². The zero-order valence-corrected chi connectivity index (χ0v) is 15.5. The van der Waals surface area contributed by atoms with Crippen LogP contribution >= 0.6 is 11.8 Å². The molecule has 0 atom stereocenters. The minimum atomic E-state index is 0.464. The summed E-state index contributed by atoms with van der Waals surface area (Å²) in [6, 6.07) is 16.6. The van der Waals surface area contributed by atoms with Crippen LogP contribution in [0.3, 0.4) is 0 Å². The van der Waals surface area contributed by atoms with E-state index in [0.29, 0.717) is 6.61 Å². The van der Waals surface area contributed by atoms with Gasteiger partial charge < -0.3 is 9.57 Å². The molecular formula is C21H23NO2S. The maximum Gasteiger partial charge on any atom is 0.142 e. The van der Waals surface area contributed by atoms with Crippen LogP contribution in [0, 0.1) is 0 Å². The van der Waals surface area contributed by atoms with Gasteiger partial charge in [0.25, 0.3) is 0 Å². The van der Waals surface area contributed by atoms with Gasteiger partial charge in [-0.2, -0.15) is 0 Å². The van der Waals surface area contributed by atoms with E-state index in [0.717, 1.165) is 24.2 Å². The number of thioether (sulfide) groups is 1. The molecule has 0 N–H and O–H groups in total. The van der Waals surface area contributed by atoms with Crippen molar-refractivity contribution in [3.63, 3.8) is 0 Å². The van der Waals surface area contributed by atoms with Crippen molar-refractivity contribution in [2.75, 3.05) is 13.4 Å². The minimum Gasteiger partial charge on any atom is -0.497 e. The lowest BCUT2D eigenvalue weighted by Gasteiger charge is -2.06. The van der Waals surface area contributed by atoms with Crippen molar-refractivity contribution in [1.29, 1.82) is 0 Å². The summed E-state index contributed by atoms with van der Waals surface area (Å²) < 4.78 is 5.15. The minimum absolute atomic E-state index is 0.464. The first-order valence-electron chi connectivity index (χ1n) is 8.45. The Bertz CT molecular complexity index is 748. The highest BCUT2D eigenvalue weighted by molar-refractivity contribution is 7.98. The highest BCUT2D eigenvalue weighted by Crippen LogP contribution is 2.33. The van der Waals surface area contributed by atoms with Crippen LogP contribution in [0.15, 0.2) is 64.2 Å². The number of hydrogen-bond donors (Lipinski definition) is 0. The van der Waals surface area contributed by atoms with Crippen LogP contribution < -0.4 is 4.74 Å². The maximum absolute atomic E-state index is 5.47. The van der Waals surface area contributed by atoms with Crippen LogP contribution in [0.25, 0.3) is 5.57 Å². The van der Waals surface area contributed by atoms with E-state index in [9.17, 15) is 0 Å². The average Bonchev–Trinajstić information content (AvgIpc) is 3.14. The largest absolute Gasteiger partial charge is 0.497 e. The molecular weight excluding hydrogens is 330 g/mol. The van der Waals surface area contributed by atoms with E-state index in [2.05, 4.69) is 35.7 Å². The lowest BCUT2D eigenvalue weighted by Crippen LogP contribution is -1.91. The number of oxime groups is 1. The number of nitrogens with zero attached hydrogens (tertiary/aromatic N) is 1. The van der Waals surface area contributed by atoms with Crippen molar-refractivity contribution in [2.24, 2.45) is 5.16 Å². The SMILES string of the molecule is COc1ccc(CO/N=C/C2=C(c3ccc(SC)cc3)CCC2)cc1. The van der Waals surface area contributed by atoms with Crippen LogP contribution in [0.5, 0.6) is 5.75 Å². The van der Waals surface area contributed by atoms with Crippen LogP contribution in [0.1, 0.15) is 30.4 Å². The van der Waals surface area contributed by atoms with Gasteiger partial charge in [0, 0.05) is 4.90 Å². The van der Waals surface area contributed by atoms with Gasteiger partial charge in [-0.25, -0.2) is 0 Å². The van der Waals surface area contributed by atoms with Crippen LogP contribution in [0.2, 0.25) is 0 Å². The summed E-state index contributed by atoms with van der Waals surface area (Å²) in [5.41, 5.74) is 5.05. The molecule has 3 rings (SSSR count). The van der Waals surface area contributed by atoms with E-state index in [-0.39, 0.29) is 0 Å². The Morgan fingerprint density at radius 1 is 1.04 bits per heavy atom. The molecule has 130 valence electrons. The smallest absolute Gasteiger partial charge is 0.142 e. The zero-order chi connectivity index (χ0) is 17.5. The third-order valence-corrected chi connectivity index (χ3v) is 5.12. The fraction of sp³-hybridized carbons (Fsp3) is 0.286. The Morgan fingerprint density at radius 2 is 1.80 bits per heavy atom. The van der Waals surface area contributed by atoms with Crippen LogP contribution in [0.4, 0.5) is 0 Å². The average molecular weight is 353 g/mol. The molecule has 3 nitrogen and oxygen atoms in total. The molecule has 25 heavy (non-hydrogen) atoms. The molecule has 0 saturated carbocycles. The Balaban J connectivity index is 1.62. The first kappa shape index (κ1) is 17.6. The van der Waals surface area contributed by atoms with E-state index in [4.69, 9.17) is 9.57 Å². The second kappa shape index (κ2) is 8.77. The van der Waals surface area contributed by atoms with E-state index in [1.54, 1.807) is 18.9 Å². The molecule has 1 aliphatic rings. The summed E-state index contributed by atoms with van der Waals surface area (Å²) in [6.07, 6.45) is 7.34. The molecule has 2 aromatic carbocycles. The summed E-state index contributed by atoms with van der Waals surface area (Å²) >= 11 is 1.77. The van der Waals surface area contributed by atoms with E-state index < -0.39 is 0 Å². The summed E-state index contributed by atoms with van der Waals surface area (Å²) in [7, 11) is 1.66. The number of rotatable bonds is 7. The fourth-order valence-electron chi connectivity index (χ4n) is 2.97. The molecule has 0 aromatic heterocycles. The molecule has 0 saturated heterocycles. The topological polar surface area (TPSA) is 30.8 Å². The summed E-state index contributed by atoms with van der Waals surface area (Å²) in [4.78, 5) is 6.76. The molecule has 1 aliphatic carbocycles. The molecule has 0 heterocycles. The molecule has 4 heteroatoms. The second-order valence-corrected chi connectivity index (χ2v) is 6.82. The van der Waals surface area contributed by atoms with Crippen molar-refractivity contribution < 1.29 is 9.57 Å². The van der Waals surface area contributed by atoms with Gasteiger partial charge in [-0.05, 0) is 72.1 Å². The van der Waals surface area contributed by atoms with Crippen molar-refractivity contribution in [3.8, 4) is 5.75 Å². The van der Waals surface area contributed by atoms with Gasteiger partial charge in [-0.1, -0.05) is 29.4 Å². The number of ether oxygens (including phenoxy) is 1. The number of methoxy groups -OCH3 is 1. The lowest BCUT2D eigenvalue weighted by atomic mass is 10.0. The third-order valence-electron chi connectivity index (χ3n) is 4.37. The van der Waals surface area contributed by atoms with Gasteiger partial charge in [0.1, 0.15) is 12.4 Å². The van der Waals surface area contributed by atoms with Gasteiger partial charge in [0.2, 0.25) is 0 Å². The third kappa shape index (κ3) is 4.67. The summed E-state index contributed by atoms with van der Waals surface area (Å²) in [5, 5.41) is 4.18. The van der Waals surface area contributed by atoms with Crippen molar-refractivity contribution >= 4 is 23.5 Å². The van der Waals surface area contributed by atoms with E-state index in [1.807, 2.05) is 30.5 Å². The number of allylic oxidation sites excluding steroid dienone is 2. The molecule has 0 amide bonds. The van der Waals surface area contributed by atoms with Crippen molar-refractivity contribution in [1.82, 2.24) is 0 Å². The molecule has 0 unspecified atom stereocenters. The number of benzene rings is 2. The standard InChI is InChI=1S/C21H23NO2S/c1-23-19-10-6-16(7-11-19)15-24-22-14-18-4-3-5-21(18)17-8-12-20(25-2)13-9-17/h6-14H,3-5,15H2,1-2H3/b22-14+. The van der Waals surface area contributed by atoms with Crippen molar-refractivity contribution in [3.05, 3.63) is 65.2 Å². The lowest BCUT2D eigenvalue weighted by molar-refractivity contribution is 0.132. The van der Waals surface area contributed by atoms with Gasteiger partial charge >= 0.3 is 0 Å². The normalized spacial score (nSPS) is 14.3.